The third kappa shape index (κ3) is 6.22. The molecule has 8 nitrogen and oxygen atoms in total. The maximum Gasteiger partial charge on any atom is 0.243 e. The second kappa shape index (κ2) is 11.8. The molecule has 1 heterocycles. The third-order valence-electron chi connectivity index (χ3n) is 5.42. The molecule has 1 aliphatic rings. The Morgan fingerprint density at radius 3 is 2.56 bits per heavy atom. The van der Waals surface area contributed by atoms with Crippen LogP contribution in [0.2, 0.25) is 0 Å². The number of benzene rings is 2. The Bertz CT molecular complexity index is 1040. The molecule has 34 heavy (non-hydrogen) atoms. The number of carbonyl (C=O) groups is 3. The lowest BCUT2D eigenvalue weighted by atomic mass is 10.1. The van der Waals surface area contributed by atoms with E-state index >= 15 is 0 Å². The molecule has 0 aromatic heterocycles. The van der Waals surface area contributed by atoms with Gasteiger partial charge in [0.1, 0.15) is 0 Å². The first-order chi connectivity index (χ1) is 16.4. The monoisotopic (exact) mass is 485 g/mol. The number of hydrogen-bond acceptors (Lipinski definition) is 6. The van der Waals surface area contributed by atoms with Crippen LogP contribution in [0.3, 0.4) is 0 Å². The summed E-state index contributed by atoms with van der Waals surface area (Å²) in [5.74, 6) is 0.00504. The number of anilines is 2. The SMILES string of the molecule is CCOc1ccc(NC(=O)CN(C)C(=O)C2CC(=O)N(c3cccc(SC)c3)C2)cc1OCC. The number of thioether (sulfide) groups is 1. The fraction of sp³-hybridized carbons (Fsp3) is 0.400. The summed E-state index contributed by atoms with van der Waals surface area (Å²) in [5.41, 5.74) is 1.33. The van der Waals surface area contributed by atoms with Crippen molar-refractivity contribution in [2.75, 3.05) is 49.8 Å². The Balaban J connectivity index is 1.59. The summed E-state index contributed by atoms with van der Waals surface area (Å²) in [6.45, 7) is 4.91. The van der Waals surface area contributed by atoms with Crippen LogP contribution < -0.4 is 19.7 Å². The average molecular weight is 486 g/mol. The number of nitrogens with zero attached hydrogens (tertiary/aromatic N) is 2. The maximum atomic E-state index is 13.0. The topological polar surface area (TPSA) is 88.2 Å². The van der Waals surface area contributed by atoms with Gasteiger partial charge in [-0.15, -0.1) is 11.8 Å². The van der Waals surface area contributed by atoms with Crippen molar-refractivity contribution in [3.63, 3.8) is 0 Å². The Kier molecular flexibility index (Phi) is 8.81. The molecule has 0 saturated carbocycles. The Morgan fingerprint density at radius 2 is 1.85 bits per heavy atom. The van der Waals surface area contributed by atoms with Crippen LogP contribution in [-0.2, 0) is 14.4 Å². The second-order valence-corrected chi connectivity index (χ2v) is 8.76. The number of hydrogen-bond donors (Lipinski definition) is 1. The predicted molar refractivity (Wildman–Crippen MR) is 134 cm³/mol. The van der Waals surface area contributed by atoms with Crippen molar-refractivity contribution in [1.82, 2.24) is 4.90 Å². The van der Waals surface area contributed by atoms with E-state index in [1.165, 1.54) is 4.90 Å². The standard InChI is InChI=1S/C25H31N3O5S/c1-5-32-21-11-10-18(13-22(21)33-6-2)26-23(29)16-27(3)25(31)17-12-24(30)28(15-17)19-8-7-9-20(14-19)34-4/h7-11,13-14,17H,5-6,12,15-16H2,1-4H3,(H,26,29). The number of rotatable bonds is 10. The van der Waals surface area contributed by atoms with Crippen LogP contribution in [0.1, 0.15) is 20.3 Å². The summed E-state index contributed by atoms with van der Waals surface area (Å²) in [5, 5.41) is 2.79. The number of likely N-dealkylation sites (N-methyl/N-ethyl adjacent to an activating group) is 1. The highest BCUT2D eigenvalue weighted by Crippen LogP contribution is 2.31. The summed E-state index contributed by atoms with van der Waals surface area (Å²) in [6, 6.07) is 12.9. The minimum absolute atomic E-state index is 0.0905. The second-order valence-electron chi connectivity index (χ2n) is 7.88. The van der Waals surface area contributed by atoms with Gasteiger partial charge in [0.05, 0.1) is 25.7 Å². The van der Waals surface area contributed by atoms with Gasteiger partial charge in [-0.2, -0.15) is 0 Å². The van der Waals surface area contributed by atoms with E-state index in [4.69, 9.17) is 9.47 Å². The minimum atomic E-state index is -0.488. The number of nitrogens with one attached hydrogen (secondary N) is 1. The van der Waals surface area contributed by atoms with Crippen LogP contribution >= 0.6 is 11.8 Å². The fourth-order valence-corrected chi connectivity index (χ4v) is 4.29. The van der Waals surface area contributed by atoms with Gasteiger partial charge in [-0.3, -0.25) is 14.4 Å². The van der Waals surface area contributed by atoms with E-state index in [0.29, 0.717) is 36.9 Å². The van der Waals surface area contributed by atoms with Crippen molar-refractivity contribution >= 4 is 40.9 Å². The van der Waals surface area contributed by atoms with Gasteiger partial charge in [0, 0.05) is 42.3 Å². The Morgan fingerprint density at radius 1 is 1.12 bits per heavy atom. The van der Waals surface area contributed by atoms with Crippen molar-refractivity contribution in [2.45, 2.75) is 25.2 Å². The van der Waals surface area contributed by atoms with Crippen molar-refractivity contribution < 1.29 is 23.9 Å². The zero-order chi connectivity index (χ0) is 24.7. The Labute approximate surface area is 204 Å². The molecule has 0 spiro atoms. The summed E-state index contributed by atoms with van der Waals surface area (Å²) >= 11 is 1.60. The third-order valence-corrected chi connectivity index (χ3v) is 6.15. The van der Waals surface area contributed by atoms with Crippen molar-refractivity contribution in [1.29, 1.82) is 0 Å². The molecule has 3 rings (SSSR count). The number of amides is 3. The molecule has 2 aromatic rings. The molecule has 3 amide bonds. The van der Waals surface area contributed by atoms with Gasteiger partial charge < -0.3 is 24.6 Å². The minimum Gasteiger partial charge on any atom is -0.490 e. The maximum absolute atomic E-state index is 13.0. The zero-order valence-electron chi connectivity index (χ0n) is 20.0. The fourth-order valence-electron chi connectivity index (χ4n) is 3.84. The predicted octanol–water partition coefficient (Wildman–Crippen LogP) is 3.66. The highest BCUT2D eigenvalue weighted by molar-refractivity contribution is 7.98. The number of ether oxygens (including phenoxy) is 2. The molecular formula is C25H31N3O5S. The molecule has 1 fully saturated rings. The molecule has 1 aliphatic heterocycles. The quantitative estimate of drug-likeness (QED) is 0.517. The van der Waals surface area contributed by atoms with E-state index in [1.54, 1.807) is 41.9 Å². The zero-order valence-corrected chi connectivity index (χ0v) is 20.8. The van der Waals surface area contributed by atoms with Crippen LogP contribution in [0.4, 0.5) is 11.4 Å². The van der Waals surface area contributed by atoms with Gasteiger partial charge in [-0.1, -0.05) is 6.07 Å². The largest absolute Gasteiger partial charge is 0.490 e. The molecule has 2 aromatic carbocycles. The van der Waals surface area contributed by atoms with Crippen LogP contribution in [0.25, 0.3) is 0 Å². The van der Waals surface area contributed by atoms with Crippen LogP contribution in [0, 0.1) is 5.92 Å². The summed E-state index contributed by atoms with van der Waals surface area (Å²) < 4.78 is 11.1. The molecule has 0 bridgehead atoms. The first-order valence-electron chi connectivity index (χ1n) is 11.2. The molecule has 0 radical (unpaired) electrons. The van der Waals surface area contributed by atoms with Gasteiger partial charge in [-0.25, -0.2) is 0 Å². The lowest BCUT2D eigenvalue weighted by Crippen LogP contribution is -2.39. The first kappa shape index (κ1) is 25.4. The van der Waals surface area contributed by atoms with E-state index in [1.807, 2.05) is 44.4 Å². The van der Waals surface area contributed by atoms with Crippen molar-refractivity contribution in [3.05, 3.63) is 42.5 Å². The van der Waals surface area contributed by atoms with Crippen LogP contribution in [0.15, 0.2) is 47.4 Å². The molecule has 182 valence electrons. The Hall–Kier alpha value is -3.20. The van der Waals surface area contributed by atoms with Crippen LogP contribution in [0.5, 0.6) is 11.5 Å². The lowest BCUT2D eigenvalue weighted by Gasteiger charge is -2.21. The van der Waals surface area contributed by atoms with Crippen LogP contribution in [-0.4, -0.2) is 62.2 Å². The normalized spacial score (nSPS) is 15.2. The molecular weight excluding hydrogens is 454 g/mol. The van der Waals surface area contributed by atoms with E-state index in [-0.39, 0.29) is 30.7 Å². The van der Waals surface area contributed by atoms with Gasteiger partial charge in [0.15, 0.2) is 11.5 Å². The molecule has 1 saturated heterocycles. The highest BCUT2D eigenvalue weighted by atomic mass is 32.2. The lowest BCUT2D eigenvalue weighted by molar-refractivity contribution is -0.137. The van der Waals surface area contributed by atoms with Crippen molar-refractivity contribution in [2.24, 2.45) is 5.92 Å². The van der Waals surface area contributed by atoms with Crippen molar-refractivity contribution in [3.8, 4) is 11.5 Å². The van der Waals surface area contributed by atoms with E-state index in [2.05, 4.69) is 5.32 Å². The van der Waals surface area contributed by atoms with Gasteiger partial charge in [0.2, 0.25) is 17.7 Å². The average Bonchev–Trinajstić information content (AvgIpc) is 3.22. The van der Waals surface area contributed by atoms with Gasteiger partial charge in [0.25, 0.3) is 0 Å². The first-order valence-corrected chi connectivity index (χ1v) is 12.5. The van der Waals surface area contributed by atoms with Gasteiger partial charge >= 0.3 is 0 Å². The van der Waals surface area contributed by atoms with E-state index in [9.17, 15) is 14.4 Å². The van der Waals surface area contributed by atoms with Gasteiger partial charge in [-0.05, 0) is 50.4 Å². The number of carbonyl (C=O) groups excluding carboxylic acids is 3. The highest BCUT2D eigenvalue weighted by Gasteiger charge is 2.36. The smallest absolute Gasteiger partial charge is 0.243 e. The summed E-state index contributed by atoms with van der Waals surface area (Å²) in [6.07, 6.45) is 2.10. The molecule has 1 N–H and O–H groups in total. The molecule has 9 heteroatoms. The molecule has 1 atom stereocenters. The van der Waals surface area contributed by atoms with E-state index < -0.39 is 5.92 Å². The summed E-state index contributed by atoms with van der Waals surface area (Å²) in [7, 11) is 1.58. The molecule has 1 unspecified atom stereocenters. The summed E-state index contributed by atoms with van der Waals surface area (Å²) in [4.78, 5) is 42.2. The molecule has 0 aliphatic carbocycles. The van der Waals surface area contributed by atoms with E-state index in [0.717, 1.165) is 10.6 Å².